The Morgan fingerprint density at radius 3 is 2.65 bits per heavy atom. The summed E-state index contributed by atoms with van der Waals surface area (Å²) in [5, 5.41) is 11.3. The second kappa shape index (κ2) is 11.3. The monoisotopic (exact) mass is 498 g/mol. The predicted octanol–water partition coefficient (Wildman–Crippen LogP) is 5.46. The standard InChI is InChI=1S/C25H25ClN3O4S/c1-32-21-8-6-19(7-9-21)12-15-33-23(24-10-11-25(26)34-24)17-28-14-13-27(18-28)16-20-4-2-3-5-22(20)29(30)31/h2-11,13-14,18,23H,12,15-17H2,1H3/q+1. The van der Waals surface area contributed by atoms with Gasteiger partial charge in [0, 0.05) is 10.9 Å². The molecule has 176 valence electrons. The van der Waals surface area contributed by atoms with E-state index < -0.39 is 0 Å². The van der Waals surface area contributed by atoms with E-state index in [-0.39, 0.29) is 16.7 Å². The van der Waals surface area contributed by atoms with Crippen LogP contribution < -0.4 is 9.30 Å². The summed E-state index contributed by atoms with van der Waals surface area (Å²) >= 11 is 7.70. The molecule has 9 heteroatoms. The largest absolute Gasteiger partial charge is 0.497 e. The van der Waals surface area contributed by atoms with E-state index in [4.69, 9.17) is 21.1 Å². The maximum atomic E-state index is 11.3. The molecule has 0 aliphatic rings. The van der Waals surface area contributed by atoms with E-state index in [0.29, 0.717) is 25.3 Å². The average molecular weight is 499 g/mol. The van der Waals surface area contributed by atoms with Gasteiger partial charge in [-0.05, 0) is 42.3 Å². The highest BCUT2D eigenvalue weighted by Crippen LogP contribution is 2.30. The van der Waals surface area contributed by atoms with Crippen molar-refractivity contribution in [1.82, 2.24) is 4.57 Å². The van der Waals surface area contributed by atoms with Gasteiger partial charge in [-0.1, -0.05) is 35.9 Å². The molecule has 1 atom stereocenters. The molecule has 0 saturated heterocycles. The number of nitro benzene ring substituents is 1. The van der Waals surface area contributed by atoms with Gasteiger partial charge in [-0.3, -0.25) is 10.1 Å². The van der Waals surface area contributed by atoms with Gasteiger partial charge < -0.3 is 9.47 Å². The molecule has 0 aliphatic carbocycles. The minimum absolute atomic E-state index is 0.121. The molecule has 0 amide bonds. The molecule has 0 bridgehead atoms. The summed E-state index contributed by atoms with van der Waals surface area (Å²) < 4.78 is 16.2. The number of ether oxygens (including phenoxy) is 2. The van der Waals surface area contributed by atoms with Crippen molar-refractivity contribution >= 4 is 28.6 Å². The number of halogens is 1. The van der Waals surface area contributed by atoms with Crippen LogP contribution in [0.1, 0.15) is 22.1 Å². The number of rotatable bonds is 11. The van der Waals surface area contributed by atoms with Crippen LogP contribution in [0, 0.1) is 10.1 Å². The molecule has 4 rings (SSSR count). The van der Waals surface area contributed by atoms with Gasteiger partial charge in [0.15, 0.2) is 0 Å². The van der Waals surface area contributed by atoms with E-state index in [1.165, 1.54) is 23.0 Å². The molecular weight excluding hydrogens is 474 g/mol. The molecule has 0 spiro atoms. The van der Waals surface area contributed by atoms with E-state index in [1.54, 1.807) is 19.2 Å². The molecular formula is C25H25ClN3O4S+. The Morgan fingerprint density at radius 2 is 1.94 bits per heavy atom. The van der Waals surface area contributed by atoms with Crippen LogP contribution >= 0.6 is 22.9 Å². The molecule has 2 aromatic carbocycles. The molecule has 4 aromatic rings. The van der Waals surface area contributed by atoms with E-state index in [0.717, 1.165) is 21.4 Å². The number of hydrogen-bond acceptors (Lipinski definition) is 5. The Hall–Kier alpha value is -3.20. The highest BCUT2D eigenvalue weighted by atomic mass is 35.5. The van der Waals surface area contributed by atoms with Crippen molar-refractivity contribution in [2.75, 3.05) is 13.7 Å². The first-order valence-corrected chi connectivity index (χ1v) is 12.0. The van der Waals surface area contributed by atoms with Crippen LogP contribution in [0.3, 0.4) is 0 Å². The predicted molar refractivity (Wildman–Crippen MR) is 132 cm³/mol. The van der Waals surface area contributed by atoms with E-state index in [1.807, 2.05) is 70.3 Å². The number of methoxy groups -OCH3 is 1. The van der Waals surface area contributed by atoms with Crippen LogP contribution in [0.15, 0.2) is 79.4 Å². The summed E-state index contributed by atoms with van der Waals surface area (Å²) in [4.78, 5) is 12.0. The molecule has 1 unspecified atom stereocenters. The first-order chi connectivity index (χ1) is 16.5. The third kappa shape index (κ3) is 6.22. The van der Waals surface area contributed by atoms with Gasteiger partial charge >= 0.3 is 0 Å². The molecule has 34 heavy (non-hydrogen) atoms. The first kappa shape index (κ1) is 23.9. The Kier molecular flexibility index (Phi) is 7.95. The molecule has 0 radical (unpaired) electrons. The quantitative estimate of drug-likeness (QED) is 0.156. The number of para-hydroxylation sites is 1. The Labute approximate surface area is 206 Å². The first-order valence-electron chi connectivity index (χ1n) is 10.8. The van der Waals surface area contributed by atoms with Crippen LogP contribution in [-0.4, -0.2) is 23.2 Å². The van der Waals surface area contributed by atoms with E-state index in [9.17, 15) is 10.1 Å². The number of aromatic nitrogens is 2. The lowest BCUT2D eigenvalue weighted by Gasteiger charge is -2.15. The minimum Gasteiger partial charge on any atom is -0.497 e. The number of nitrogens with zero attached hydrogens (tertiary/aromatic N) is 3. The molecule has 0 N–H and O–H groups in total. The fourth-order valence-corrected chi connectivity index (χ4v) is 4.79. The lowest BCUT2D eigenvalue weighted by Crippen LogP contribution is -2.32. The van der Waals surface area contributed by atoms with Gasteiger partial charge in [0.2, 0.25) is 6.33 Å². The van der Waals surface area contributed by atoms with Crippen LogP contribution in [0.4, 0.5) is 5.69 Å². The van der Waals surface area contributed by atoms with Crippen molar-refractivity contribution in [2.45, 2.75) is 25.6 Å². The van der Waals surface area contributed by atoms with Crippen molar-refractivity contribution in [3.8, 4) is 5.75 Å². The molecule has 7 nitrogen and oxygen atoms in total. The molecule has 2 heterocycles. The molecule has 2 aromatic heterocycles. The number of imidazole rings is 1. The lowest BCUT2D eigenvalue weighted by atomic mass is 10.1. The zero-order valence-electron chi connectivity index (χ0n) is 18.7. The summed E-state index contributed by atoms with van der Waals surface area (Å²) in [6, 6.07) is 18.6. The van der Waals surface area contributed by atoms with Crippen LogP contribution in [0.5, 0.6) is 5.75 Å². The van der Waals surface area contributed by atoms with Crippen molar-refractivity contribution in [3.05, 3.63) is 110 Å². The fourth-order valence-electron chi connectivity index (χ4n) is 3.69. The Morgan fingerprint density at radius 1 is 1.15 bits per heavy atom. The van der Waals surface area contributed by atoms with Gasteiger partial charge in [0.05, 0.1) is 28.5 Å². The van der Waals surface area contributed by atoms with E-state index in [2.05, 4.69) is 0 Å². The van der Waals surface area contributed by atoms with Gasteiger partial charge in [-0.2, -0.15) is 0 Å². The fraction of sp³-hybridized carbons (Fsp3) is 0.240. The second-order valence-corrected chi connectivity index (χ2v) is 9.51. The van der Waals surface area contributed by atoms with Crippen molar-refractivity contribution in [3.63, 3.8) is 0 Å². The molecule has 0 aliphatic heterocycles. The highest BCUT2D eigenvalue weighted by molar-refractivity contribution is 7.16. The number of nitro groups is 1. The Balaban J connectivity index is 1.42. The zero-order valence-corrected chi connectivity index (χ0v) is 20.2. The van der Waals surface area contributed by atoms with Gasteiger partial charge in [0.1, 0.15) is 37.3 Å². The van der Waals surface area contributed by atoms with Crippen LogP contribution in [0.25, 0.3) is 0 Å². The maximum Gasteiger partial charge on any atom is 0.276 e. The second-order valence-electron chi connectivity index (χ2n) is 7.77. The third-order valence-corrected chi connectivity index (χ3v) is 6.77. The topological polar surface area (TPSA) is 70.4 Å². The van der Waals surface area contributed by atoms with Crippen molar-refractivity contribution in [2.24, 2.45) is 0 Å². The lowest BCUT2D eigenvalue weighted by molar-refractivity contribution is -0.688. The van der Waals surface area contributed by atoms with Crippen LogP contribution in [-0.2, 0) is 24.2 Å². The number of benzene rings is 2. The normalized spacial score (nSPS) is 11.9. The summed E-state index contributed by atoms with van der Waals surface area (Å²) in [7, 11) is 1.65. The van der Waals surface area contributed by atoms with Gasteiger partial charge in [0.25, 0.3) is 5.69 Å². The number of thiophene rings is 1. The minimum atomic E-state index is -0.347. The Bertz CT molecular complexity index is 1240. The van der Waals surface area contributed by atoms with Gasteiger partial charge in [-0.15, -0.1) is 11.3 Å². The summed E-state index contributed by atoms with van der Waals surface area (Å²) in [5.41, 5.74) is 1.95. The maximum absolute atomic E-state index is 11.3. The van der Waals surface area contributed by atoms with Crippen molar-refractivity contribution in [1.29, 1.82) is 0 Å². The smallest absolute Gasteiger partial charge is 0.276 e. The zero-order chi connectivity index (χ0) is 23.9. The van der Waals surface area contributed by atoms with E-state index >= 15 is 0 Å². The van der Waals surface area contributed by atoms with Gasteiger partial charge in [-0.25, -0.2) is 9.13 Å². The highest BCUT2D eigenvalue weighted by Gasteiger charge is 2.20. The summed E-state index contributed by atoms with van der Waals surface area (Å²) in [6.45, 7) is 1.57. The third-order valence-electron chi connectivity index (χ3n) is 5.44. The summed E-state index contributed by atoms with van der Waals surface area (Å²) in [5.74, 6) is 0.831. The molecule has 0 fully saturated rings. The molecule has 0 saturated carbocycles. The van der Waals surface area contributed by atoms with Crippen molar-refractivity contribution < 1.29 is 19.0 Å². The summed E-state index contributed by atoms with van der Waals surface area (Å²) in [6.07, 6.45) is 6.41. The SMILES string of the molecule is COc1ccc(CCOC(Cn2cc[n+](Cc3ccccc3[N+](=O)[O-])c2)c2ccc(Cl)s2)cc1. The van der Waals surface area contributed by atoms with Crippen LogP contribution in [0.2, 0.25) is 4.34 Å². The average Bonchev–Trinajstić information content (AvgIpc) is 3.47. The number of hydrogen-bond donors (Lipinski definition) is 0.